The van der Waals surface area contributed by atoms with Gasteiger partial charge in [0.05, 0.1) is 25.7 Å². The van der Waals surface area contributed by atoms with Gasteiger partial charge in [0, 0.05) is 28.4 Å². The fraction of sp³-hybridized carbons (Fsp3) is 0.536. The van der Waals surface area contributed by atoms with E-state index < -0.39 is 58.3 Å². The molecule has 0 spiro atoms. The summed E-state index contributed by atoms with van der Waals surface area (Å²) >= 11 is 0. The van der Waals surface area contributed by atoms with Crippen molar-refractivity contribution in [2.24, 2.45) is 11.8 Å². The molecule has 1 fully saturated rings. The second-order valence-electron chi connectivity index (χ2n) is 11.3. The van der Waals surface area contributed by atoms with Crippen LogP contribution >= 0.6 is 0 Å². The van der Waals surface area contributed by atoms with E-state index in [1.165, 1.54) is 34.0 Å². The van der Waals surface area contributed by atoms with Crippen molar-refractivity contribution in [2.45, 2.75) is 86.7 Å². The van der Waals surface area contributed by atoms with E-state index in [4.69, 9.17) is 0 Å². The third-order valence-electron chi connectivity index (χ3n) is 8.04. The summed E-state index contributed by atoms with van der Waals surface area (Å²) in [5, 5.41) is 0. The van der Waals surface area contributed by atoms with Crippen LogP contribution in [-0.2, 0) is 31.7 Å². The van der Waals surface area contributed by atoms with E-state index >= 15 is 0 Å². The number of ketones is 1. The molecule has 1 aromatic heterocycles. The number of benzene rings is 1. The average molecular weight is 626 g/mol. The van der Waals surface area contributed by atoms with Crippen molar-refractivity contribution in [3.8, 4) is 0 Å². The Bertz CT molecular complexity index is 1540. The monoisotopic (exact) mass is 625 g/mol. The molecule has 2 aromatic rings. The molecule has 41 heavy (non-hydrogen) atoms. The molecular weight excluding hydrogens is 592 g/mol. The van der Waals surface area contributed by atoms with Gasteiger partial charge < -0.3 is 0 Å². The summed E-state index contributed by atoms with van der Waals surface area (Å²) in [5.74, 6) is -0.767. The molecule has 1 aromatic carbocycles. The number of hydrogen-bond donors (Lipinski definition) is 0. The number of Topliss-reactive ketones (excluding diaryl/α,β-unsaturated/α-hetero) is 1. The van der Waals surface area contributed by atoms with Crippen molar-refractivity contribution in [2.75, 3.05) is 6.26 Å². The highest BCUT2D eigenvalue weighted by molar-refractivity contribution is 8.01. The molecule has 1 unspecified atom stereocenters. The van der Waals surface area contributed by atoms with Gasteiger partial charge in [-0.2, -0.15) is 26.3 Å². The van der Waals surface area contributed by atoms with Crippen LogP contribution in [0, 0.1) is 11.8 Å². The molecule has 5 nitrogen and oxygen atoms in total. The van der Waals surface area contributed by atoms with E-state index in [2.05, 4.69) is 4.98 Å². The van der Waals surface area contributed by atoms with Crippen molar-refractivity contribution in [3.05, 3.63) is 53.3 Å². The number of carbonyl (C=O) groups is 1. The smallest absolute Gasteiger partial charge is 0.292 e. The summed E-state index contributed by atoms with van der Waals surface area (Å²) in [6.07, 6.45) is -5.71. The van der Waals surface area contributed by atoms with Crippen LogP contribution in [0.3, 0.4) is 0 Å². The number of carbonyl (C=O) groups excluding carboxylic acids is 1. The number of pyridine rings is 1. The first-order valence-electron chi connectivity index (χ1n) is 12.9. The normalized spacial score (nSPS) is 19.8. The topological polar surface area (TPSA) is 81.2 Å². The van der Waals surface area contributed by atoms with Gasteiger partial charge in [0.1, 0.15) is 5.69 Å². The molecule has 0 saturated heterocycles. The largest absolute Gasteiger partial charge is 0.417 e. The summed E-state index contributed by atoms with van der Waals surface area (Å²) in [4.78, 5) is 16.4. The van der Waals surface area contributed by atoms with Gasteiger partial charge in [0.25, 0.3) is 0 Å². The third kappa shape index (κ3) is 6.81. The quantitative estimate of drug-likeness (QED) is 0.167. The molecule has 0 aliphatic heterocycles. The fourth-order valence-electron chi connectivity index (χ4n) is 4.90. The molecule has 1 aliphatic carbocycles. The molecule has 1 atom stereocenters. The second-order valence-corrected chi connectivity index (χ2v) is 16.8. The summed E-state index contributed by atoms with van der Waals surface area (Å²) < 4.78 is 118. The minimum atomic E-state index is -4.72. The minimum absolute atomic E-state index is 0.0449. The van der Waals surface area contributed by atoms with Gasteiger partial charge in [-0.05, 0) is 94.3 Å². The van der Waals surface area contributed by atoms with Crippen LogP contribution in [-0.4, -0.2) is 39.3 Å². The first-order valence-corrected chi connectivity index (χ1v) is 16.4. The van der Waals surface area contributed by atoms with Crippen molar-refractivity contribution in [1.82, 2.24) is 4.98 Å². The number of rotatable bonds is 9. The Hall–Kier alpha value is -2.41. The highest BCUT2D eigenvalue weighted by Crippen LogP contribution is 2.48. The van der Waals surface area contributed by atoms with Gasteiger partial charge in [0.2, 0.25) is 0 Å². The summed E-state index contributed by atoms with van der Waals surface area (Å²) in [6.45, 7) is 6.02. The van der Waals surface area contributed by atoms with Crippen molar-refractivity contribution >= 4 is 30.0 Å². The van der Waals surface area contributed by atoms with Gasteiger partial charge in [0.15, 0.2) is 15.6 Å². The van der Waals surface area contributed by atoms with Gasteiger partial charge in [-0.25, -0.2) is 8.42 Å². The lowest BCUT2D eigenvalue weighted by Gasteiger charge is -2.45. The molecule has 0 amide bonds. The summed E-state index contributed by atoms with van der Waals surface area (Å²) in [5.41, 5.74) is -2.39. The zero-order valence-electron chi connectivity index (χ0n) is 23.3. The molecule has 3 rings (SSSR count). The van der Waals surface area contributed by atoms with Crippen molar-refractivity contribution < 1.29 is 43.8 Å². The number of sulfone groups is 1. The van der Waals surface area contributed by atoms with Gasteiger partial charge in [-0.15, -0.1) is 0 Å². The lowest BCUT2D eigenvalue weighted by molar-refractivity contribution is -0.138. The lowest BCUT2D eigenvalue weighted by atomic mass is 9.67. The Kier molecular flexibility index (Phi) is 9.16. The van der Waals surface area contributed by atoms with Crippen LogP contribution in [0.4, 0.5) is 26.3 Å². The maximum absolute atomic E-state index is 13.3. The summed E-state index contributed by atoms with van der Waals surface area (Å²) in [7, 11) is -7.16. The van der Waals surface area contributed by atoms with Crippen LogP contribution in [0.25, 0.3) is 0 Å². The standard InChI is InChI=1S/C28H33F6NO4S2/c1-17(2)40(5,37)24-15-21(28(32,33)34)16-35-25(24)23(36)11-6-8-18-12-20(13-18)26(3,4)41(38,39)22-10-7-9-19(14-22)27(29,30)31/h7,9-10,14-16,18,20H,6,8,11-13H2,1-5H3. The van der Waals surface area contributed by atoms with Gasteiger partial charge in [-0.1, -0.05) is 6.07 Å². The molecule has 1 aliphatic rings. The van der Waals surface area contributed by atoms with Crippen molar-refractivity contribution in [1.29, 1.82) is 0 Å². The number of hydrogen-bond acceptors (Lipinski definition) is 5. The first kappa shape index (κ1) is 33.1. The van der Waals surface area contributed by atoms with Crippen LogP contribution in [0.1, 0.15) is 81.4 Å². The number of aromatic nitrogens is 1. The summed E-state index contributed by atoms with van der Waals surface area (Å²) in [6, 6.07) is 4.41. The fourth-order valence-corrected chi connectivity index (χ4v) is 8.00. The number of halogens is 6. The average Bonchev–Trinajstić information content (AvgIpc) is 2.83. The Morgan fingerprint density at radius 1 is 0.951 bits per heavy atom. The molecule has 1 heterocycles. The molecule has 1 saturated carbocycles. The van der Waals surface area contributed by atoms with E-state index in [-0.39, 0.29) is 28.8 Å². The van der Waals surface area contributed by atoms with E-state index in [1.54, 1.807) is 0 Å². The highest BCUT2D eigenvalue weighted by Gasteiger charge is 2.48. The second kappa shape index (κ2) is 11.3. The Morgan fingerprint density at radius 2 is 1.54 bits per heavy atom. The zero-order valence-corrected chi connectivity index (χ0v) is 25.0. The van der Waals surface area contributed by atoms with Crippen LogP contribution in [0.2, 0.25) is 0 Å². The predicted molar refractivity (Wildman–Crippen MR) is 145 cm³/mol. The van der Waals surface area contributed by atoms with Crippen LogP contribution in [0.5, 0.6) is 0 Å². The molecule has 0 N–H and O–H groups in total. The van der Waals surface area contributed by atoms with Gasteiger partial charge >= 0.3 is 12.4 Å². The van der Waals surface area contributed by atoms with Gasteiger partial charge in [-0.3, -0.25) is 14.0 Å². The lowest BCUT2D eigenvalue weighted by Crippen LogP contribution is -2.46. The molecule has 0 radical (unpaired) electrons. The highest BCUT2D eigenvalue weighted by atomic mass is 32.2. The van der Waals surface area contributed by atoms with E-state index in [9.17, 15) is 43.8 Å². The van der Waals surface area contributed by atoms with E-state index in [1.807, 2.05) is 0 Å². The maximum atomic E-state index is 13.3. The Morgan fingerprint density at radius 3 is 2.07 bits per heavy atom. The number of nitrogens with zero attached hydrogens (tertiary/aromatic N) is 1. The Balaban J connectivity index is 1.67. The minimum Gasteiger partial charge on any atom is -0.292 e. The SMILES string of the molecule is CC(C)=S(C)(=O)c1cc(C(F)(F)F)cnc1C(=O)CCCC1CC(C(C)(C)S(=O)(=O)c2cccc(C(F)(F)F)c2)C1. The zero-order chi connectivity index (χ0) is 31.2. The maximum Gasteiger partial charge on any atom is 0.417 e. The van der Waals surface area contributed by atoms with E-state index in [0.29, 0.717) is 42.8 Å². The van der Waals surface area contributed by atoms with Crippen LogP contribution in [0.15, 0.2) is 46.3 Å². The molecule has 0 bridgehead atoms. The molecule has 228 valence electrons. The first-order chi connectivity index (χ1) is 18.6. The molecular formula is C28H33F6NO4S2. The number of alkyl halides is 6. The third-order valence-corrected chi connectivity index (χ3v) is 13.3. The van der Waals surface area contributed by atoms with Crippen molar-refractivity contribution in [3.63, 3.8) is 0 Å². The molecule has 13 heteroatoms. The Labute approximate surface area is 236 Å². The van der Waals surface area contributed by atoms with E-state index in [0.717, 1.165) is 24.3 Å². The van der Waals surface area contributed by atoms with Crippen LogP contribution < -0.4 is 0 Å². The predicted octanol–water partition coefficient (Wildman–Crippen LogP) is 7.24.